The van der Waals surface area contributed by atoms with E-state index in [1.54, 1.807) is 24.3 Å². The molecular weight excluding hydrogens is 442 g/mol. The minimum absolute atomic E-state index is 0.0526. The summed E-state index contributed by atoms with van der Waals surface area (Å²) >= 11 is 3.32. The molecule has 0 aliphatic carbocycles. The standard InChI is InChI=1S/C20H32BrN3O3S/c1-15(2)24(16(3)4)13-11-22-20(25)17-6-5-12-23(14-17)28(26,27)19-9-7-18(21)8-10-19/h7-10,15-17H,5-6,11-14H2,1-4H3,(H,22,25). The molecule has 2 rings (SSSR count). The van der Waals surface area contributed by atoms with Crippen LogP contribution in [0.2, 0.25) is 0 Å². The molecule has 1 atom stereocenters. The first-order valence-corrected chi connectivity index (χ1v) is 12.2. The SMILES string of the molecule is CC(C)N(CCNC(=O)C1CCCN(S(=O)(=O)c2ccc(Br)cc2)C1)C(C)C. The van der Waals surface area contributed by atoms with Gasteiger partial charge in [0.15, 0.2) is 0 Å². The van der Waals surface area contributed by atoms with E-state index in [0.717, 1.165) is 17.4 Å². The number of amides is 1. The second-order valence-electron chi connectivity index (χ2n) is 7.87. The Balaban J connectivity index is 1.95. The Hall–Kier alpha value is -0.960. The molecule has 1 unspecified atom stereocenters. The van der Waals surface area contributed by atoms with Crippen molar-refractivity contribution in [2.75, 3.05) is 26.2 Å². The van der Waals surface area contributed by atoms with Crippen molar-refractivity contribution in [3.05, 3.63) is 28.7 Å². The first kappa shape index (κ1) is 23.3. The zero-order valence-electron chi connectivity index (χ0n) is 17.2. The van der Waals surface area contributed by atoms with Gasteiger partial charge in [0.2, 0.25) is 15.9 Å². The van der Waals surface area contributed by atoms with E-state index in [9.17, 15) is 13.2 Å². The van der Waals surface area contributed by atoms with Crippen molar-refractivity contribution in [3.63, 3.8) is 0 Å². The van der Waals surface area contributed by atoms with E-state index in [4.69, 9.17) is 0 Å². The highest BCUT2D eigenvalue weighted by molar-refractivity contribution is 9.10. The van der Waals surface area contributed by atoms with E-state index < -0.39 is 10.0 Å². The molecule has 28 heavy (non-hydrogen) atoms. The Morgan fingerprint density at radius 3 is 2.39 bits per heavy atom. The second kappa shape index (κ2) is 10.2. The molecule has 0 radical (unpaired) electrons. The number of rotatable bonds is 8. The number of carbonyl (C=O) groups excluding carboxylic acids is 1. The van der Waals surface area contributed by atoms with Gasteiger partial charge in [0.05, 0.1) is 10.8 Å². The number of hydrogen-bond donors (Lipinski definition) is 1. The van der Waals surface area contributed by atoms with Gasteiger partial charge in [0, 0.05) is 42.7 Å². The van der Waals surface area contributed by atoms with Gasteiger partial charge in [-0.3, -0.25) is 9.69 Å². The topological polar surface area (TPSA) is 69.7 Å². The zero-order chi connectivity index (χ0) is 20.9. The monoisotopic (exact) mass is 473 g/mol. The van der Waals surface area contributed by atoms with E-state index in [0.29, 0.717) is 31.6 Å². The van der Waals surface area contributed by atoms with Gasteiger partial charge in [-0.2, -0.15) is 4.31 Å². The maximum Gasteiger partial charge on any atom is 0.243 e. The van der Waals surface area contributed by atoms with Crippen LogP contribution in [-0.2, 0) is 14.8 Å². The van der Waals surface area contributed by atoms with Gasteiger partial charge in [0.1, 0.15) is 0 Å². The number of nitrogens with one attached hydrogen (secondary N) is 1. The molecule has 1 aliphatic rings. The molecule has 0 bridgehead atoms. The van der Waals surface area contributed by atoms with E-state index in [1.807, 2.05) is 0 Å². The van der Waals surface area contributed by atoms with E-state index in [2.05, 4.69) is 53.8 Å². The lowest BCUT2D eigenvalue weighted by molar-refractivity contribution is -0.126. The number of halogens is 1. The predicted octanol–water partition coefficient (Wildman–Crippen LogP) is 3.08. The quantitative estimate of drug-likeness (QED) is 0.629. The molecule has 1 N–H and O–H groups in total. The molecule has 1 heterocycles. The Labute approximate surface area is 177 Å². The third-order valence-corrected chi connectivity index (χ3v) is 7.61. The number of sulfonamides is 1. The summed E-state index contributed by atoms with van der Waals surface area (Å²) in [6, 6.07) is 7.45. The molecule has 1 amide bonds. The first-order valence-electron chi connectivity index (χ1n) is 9.92. The fraction of sp³-hybridized carbons (Fsp3) is 0.650. The van der Waals surface area contributed by atoms with Crippen LogP contribution in [0.25, 0.3) is 0 Å². The van der Waals surface area contributed by atoms with Crippen molar-refractivity contribution in [2.45, 2.75) is 57.5 Å². The van der Waals surface area contributed by atoms with E-state index in [-0.39, 0.29) is 23.3 Å². The summed E-state index contributed by atoms with van der Waals surface area (Å²) in [5.41, 5.74) is 0. The lowest BCUT2D eigenvalue weighted by Crippen LogP contribution is -2.47. The third kappa shape index (κ3) is 6.02. The van der Waals surface area contributed by atoms with Crippen LogP contribution in [0.4, 0.5) is 0 Å². The maximum atomic E-state index is 12.9. The van der Waals surface area contributed by atoms with E-state index in [1.165, 1.54) is 4.31 Å². The molecular formula is C20H32BrN3O3S. The van der Waals surface area contributed by atoms with Crippen LogP contribution in [0.15, 0.2) is 33.6 Å². The first-order chi connectivity index (χ1) is 13.1. The Morgan fingerprint density at radius 2 is 1.82 bits per heavy atom. The van der Waals surface area contributed by atoms with Crippen LogP contribution in [0.1, 0.15) is 40.5 Å². The summed E-state index contributed by atoms with van der Waals surface area (Å²) in [5.74, 6) is -0.353. The van der Waals surface area contributed by atoms with Gasteiger partial charge in [-0.05, 0) is 64.8 Å². The lowest BCUT2D eigenvalue weighted by Gasteiger charge is -2.32. The van der Waals surface area contributed by atoms with Crippen molar-refractivity contribution >= 4 is 31.9 Å². The minimum atomic E-state index is -3.58. The lowest BCUT2D eigenvalue weighted by atomic mass is 9.99. The highest BCUT2D eigenvalue weighted by Gasteiger charge is 2.33. The molecule has 0 saturated carbocycles. The Kier molecular flexibility index (Phi) is 8.48. The van der Waals surface area contributed by atoms with Crippen LogP contribution in [-0.4, -0.2) is 61.8 Å². The van der Waals surface area contributed by atoms with Gasteiger partial charge in [0.25, 0.3) is 0 Å². The van der Waals surface area contributed by atoms with Crippen LogP contribution >= 0.6 is 15.9 Å². The molecule has 8 heteroatoms. The molecule has 6 nitrogen and oxygen atoms in total. The average molecular weight is 474 g/mol. The second-order valence-corrected chi connectivity index (χ2v) is 10.7. The maximum absolute atomic E-state index is 12.9. The van der Waals surface area contributed by atoms with Crippen molar-refractivity contribution in [1.29, 1.82) is 0 Å². The molecule has 1 saturated heterocycles. The summed E-state index contributed by atoms with van der Waals surface area (Å²) in [6.07, 6.45) is 1.41. The zero-order valence-corrected chi connectivity index (χ0v) is 19.6. The van der Waals surface area contributed by atoms with Gasteiger partial charge >= 0.3 is 0 Å². The molecule has 1 fully saturated rings. The van der Waals surface area contributed by atoms with Gasteiger partial charge in [-0.1, -0.05) is 15.9 Å². The fourth-order valence-corrected chi connectivity index (χ4v) is 5.48. The Morgan fingerprint density at radius 1 is 1.21 bits per heavy atom. The predicted molar refractivity (Wildman–Crippen MR) is 116 cm³/mol. The fourth-order valence-electron chi connectivity index (χ4n) is 3.70. The minimum Gasteiger partial charge on any atom is -0.355 e. The molecule has 0 spiro atoms. The van der Waals surface area contributed by atoms with Crippen LogP contribution < -0.4 is 5.32 Å². The summed E-state index contributed by atoms with van der Waals surface area (Å²) in [5, 5.41) is 3.00. The van der Waals surface area contributed by atoms with Crippen molar-refractivity contribution in [2.24, 2.45) is 5.92 Å². The van der Waals surface area contributed by atoms with Gasteiger partial charge in [-0.15, -0.1) is 0 Å². The Bertz CT molecular complexity index is 742. The van der Waals surface area contributed by atoms with Crippen LogP contribution in [0.5, 0.6) is 0 Å². The highest BCUT2D eigenvalue weighted by Crippen LogP contribution is 2.25. The van der Waals surface area contributed by atoms with Crippen molar-refractivity contribution in [3.8, 4) is 0 Å². The normalized spacial score (nSPS) is 18.8. The summed E-state index contributed by atoms with van der Waals surface area (Å²) < 4.78 is 28.1. The molecule has 1 aromatic rings. The largest absolute Gasteiger partial charge is 0.355 e. The van der Waals surface area contributed by atoms with Crippen molar-refractivity contribution in [1.82, 2.24) is 14.5 Å². The number of nitrogens with zero attached hydrogens (tertiary/aromatic N) is 2. The van der Waals surface area contributed by atoms with Crippen LogP contribution in [0, 0.1) is 5.92 Å². The number of hydrogen-bond acceptors (Lipinski definition) is 4. The van der Waals surface area contributed by atoms with Gasteiger partial charge < -0.3 is 5.32 Å². The van der Waals surface area contributed by atoms with Gasteiger partial charge in [-0.25, -0.2) is 8.42 Å². The summed E-state index contributed by atoms with van der Waals surface area (Å²) in [6.45, 7) is 10.6. The number of carbonyl (C=O) groups is 1. The number of piperidine rings is 1. The van der Waals surface area contributed by atoms with Crippen molar-refractivity contribution < 1.29 is 13.2 Å². The summed E-state index contributed by atoms with van der Waals surface area (Å²) in [7, 11) is -3.58. The summed E-state index contributed by atoms with van der Waals surface area (Å²) in [4.78, 5) is 15.2. The molecule has 158 valence electrons. The average Bonchev–Trinajstić information content (AvgIpc) is 2.64. The molecule has 1 aromatic carbocycles. The molecule has 0 aromatic heterocycles. The molecule has 1 aliphatic heterocycles. The highest BCUT2D eigenvalue weighted by atomic mass is 79.9. The van der Waals surface area contributed by atoms with E-state index >= 15 is 0 Å². The van der Waals surface area contributed by atoms with Crippen LogP contribution in [0.3, 0.4) is 0 Å². The smallest absolute Gasteiger partial charge is 0.243 e. The third-order valence-electron chi connectivity index (χ3n) is 5.20. The number of benzene rings is 1.